The maximum absolute atomic E-state index is 12.9. The van der Waals surface area contributed by atoms with Gasteiger partial charge >= 0.3 is 6.03 Å². The van der Waals surface area contributed by atoms with Gasteiger partial charge in [0.05, 0.1) is 5.69 Å². The van der Waals surface area contributed by atoms with Gasteiger partial charge in [-0.15, -0.1) is 0 Å². The highest BCUT2D eigenvalue weighted by atomic mass is 35.5. The Morgan fingerprint density at radius 3 is 2.86 bits per heavy atom. The Balaban J connectivity index is 1.77. The third-order valence-corrected chi connectivity index (χ3v) is 5.70. The minimum Gasteiger partial charge on any atom is -0.273 e. The summed E-state index contributed by atoms with van der Waals surface area (Å²) >= 11 is 7.50. The van der Waals surface area contributed by atoms with Crippen molar-refractivity contribution >= 4 is 46.0 Å². The van der Waals surface area contributed by atoms with Crippen molar-refractivity contribution in [2.75, 3.05) is 4.90 Å². The largest absolute Gasteiger partial charge is 0.355 e. The first-order valence-corrected chi connectivity index (χ1v) is 8.46. The first kappa shape index (κ1) is 14.0. The average molecular weight is 333 g/mol. The number of hydrogen-bond acceptors (Lipinski definition) is 3. The molecule has 22 heavy (non-hydrogen) atoms. The van der Waals surface area contributed by atoms with Gasteiger partial charge in [0, 0.05) is 5.02 Å². The van der Waals surface area contributed by atoms with Gasteiger partial charge < -0.3 is 0 Å². The van der Waals surface area contributed by atoms with Crippen molar-refractivity contribution in [3.63, 3.8) is 0 Å². The van der Waals surface area contributed by atoms with E-state index in [4.69, 9.17) is 11.6 Å². The number of benzene rings is 1. The number of allylic oxidation sites excluding steroid dienone is 1. The number of thioether (sulfide) groups is 1. The Morgan fingerprint density at radius 1 is 1.23 bits per heavy atom. The zero-order chi connectivity index (χ0) is 15.3. The van der Waals surface area contributed by atoms with E-state index in [9.17, 15) is 9.59 Å². The van der Waals surface area contributed by atoms with Gasteiger partial charge in [0.1, 0.15) is 11.0 Å². The van der Waals surface area contributed by atoms with Gasteiger partial charge in [0.15, 0.2) is 0 Å². The van der Waals surface area contributed by atoms with Crippen LogP contribution in [0.5, 0.6) is 0 Å². The second-order valence-corrected chi connectivity index (χ2v) is 7.13. The number of fused-ring (bicyclic) bond motifs is 2. The van der Waals surface area contributed by atoms with Crippen LogP contribution in [-0.4, -0.2) is 17.0 Å². The van der Waals surface area contributed by atoms with Crippen molar-refractivity contribution in [1.82, 2.24) is 0 Å². The van der Waals surface area contributed by atoms with Crippen LogP contribution in [0.2, 0.25) is 5.02 Å². The van der Waals surface area contributed by atoms with Crippen molar-refractivity contribution in [2.24, 2.45) is 10.9 Å². The molecular weight excluding hydrogens is 320 g/mol. The van der Waals surface area contributed by atoms with Crippen molar-refractivity contribution in [3.05, 3.63) is 39.8 Å². The highest BCUT2D eigenvalue weighted by Gasteiger charge is 2.45. The van der Waals surface area contributed by atoms with E-state index in [0.29, 0.717) is 15.8 Å². The zero-order valence-electron chi connectivity index (χ0n) is 11.7. The Kier molecular flexibility index (Phi) is 3.35. The lowest BCUT2D eigenvalue weighted by atomic mass is 9.88. The highest BCUT2D eigenvalue weighted by molar-refractivity contribution is 8.17. The smallest absolute Gasteiger partial charge is 0.273 e. The third-order valence-electron chi connectivity index (χ3n) is 4.21. The molecule has 0 aromatic heterocycles. The van der Waals surface area contributed by atoms with Gasteiger partial charge in [0.2, 0.25) is 5.91 Å². The molecule has 1 atom stereocenters. The van der Waals surface area contributed by atoms with E-state index < -0.39 is 6.03 Å². The summed E-state index contributed by atoms with van der Waals surface area (Å²) in [6.07, 6.45) is 4.16. The molecule has 0 spiro atoms. The van der Waals surface area contributed by atoms with E-state index in [2.05, 4.69) is 4.99 Å². The van der Waals surface area contributed by atoms with Crippen LogP contribution >= 0.6 is 23.4 Å². The van der Waals surface area contributed by atoms with E-state index in [1.54, 1.807) is 24.3 Å². The first-order valence-electron chi connectivity index (χ1n) is 7.27. The summed E-state index contributed by atoms with van der Waals surface area (Å²) in [4.78, 5) is 31.8. The lowest BCUT2D eigenvalue weighted by Crippen LogP contribution is -2.45. The third kappa shape index (κ3) is 2.11. The second kappa shape index (κ2) is 5.25. The lowest BCUT2D eigenvalue weighted by molar-refractivity contribution is -0.119. The van der Waals surface area contributed by atoms with Crippen molar-refractivity contribution < 1.29 is 9.59 Å². The predicted octanol–water partition coefficient (Wildman–Crippen LogP) is 4.40. The van der Waals surface area contributed by atoms with Gasteiger partial charge in [-0.1, -0.05) is 29.4 Å². The molecular formula is C16H13ClN2O2S. The molecule has 2 aliphatic heterocycles. The van der Waals surface area contributed by atoms with Gasteiger partial charge in [0.25, 0.3) is 0 Å². The predicted molar refractivity (Wildman–Crippen MR) is 88.3 cm³/mol. The number of carbonyl (C=O) groups is 2. The summed E-state index contributed by atoms with van der Waals surface area (Å²) in [5, 5.41) is 1.14. The molecule has 0 bridgehead atoms. The molecule has 0 saturated heterocycles. The minimum absolute atomic E-state index is 0.198. The molecule has 1 aromatic carbocycles. The Morgan fingerprint density at radius 2 is 2.05 bits per heavy atom. The fourth-order valence-corrected chi connectivity index (χ4v) is 4.74. The summed E-state index contributed by atoms with van der Waals surface area (Å²) in [5.74, 6) is -0.561. The van der Waals surface area contributed by atoms with E-state index in [1.165, 1.54) is 22.2 Å². The standard InChI is InChI=1S/C16H13ClN2O2S/c17-9-4-3-5-10(8-9)19-15(20)13-11-6-1-2-7-12(11)22-14(13)18-16(19)21/h3-5,8,13H,1-2,6-7H2. The number of carbonyl (C=O) groups excluding carboxylic acids is 2. The first-order chi connectivity index (χ1) is 10.6. The molecule has 4 nitrogen and oxygen atoms in total. The summed E-state index contributed by atoms with van der Waals surface area (Å²) < 4.78 is 0. The fraction of sp³-hybridized carbons (Fsp3) is 0.312. The Labute approximate surface area is 137 Å². The molecule has 6 heteroatoms. The van der Waals surface area contributed by atoms with Crippen LogP contribution in [0.3, 0.4) is 0 Å². The normalized spacial score (nSPS) is 24.3. The lowest BCUT2D eigenvalue weighted by Gasteiger charge is -2.28. The SMILES string of the molecule is O=C1N=C2SC3=C(CCCC3)C2C(=O)N1c1cccc(Cl)c1. The number of nitrogens with zero attached hydrogens (tertiary/aromatic N) is 2. The van der Waals surface area contributed by atoms with E-state index in [0.717, 1.165) is 30.6 Å². The van der Waals surface area contributed by atoms with Crippen LogP contribution in [0.15, 0.2) is 39.7 Å². The molecule has 0 saturated carbocycles. The van der Waals surface area contributed by atoms with Gasteiger partial charge in [-0.2, -0.15) is 4.99 Å². The maximum Gasteiger partial charge on any atom is 0.355 e. The van der Waals surface area contributed by atoms with Crippen LogP contribution in [0.1, 0.15) is 25.7 Å². The highest BCUT2D eigenvalue weighted by Crippen LogP contribution is 2.48. The molecule has 0 radical (unpaired) electrons. The molecule has 0 N–H and O–H groups in total. The zero-order valence-corrected chi connectivity index (χ0v) is 13.3. The number of aliphatic imine (C=N–C) groups is 1. The molecule has 1 unspecified atom stereocenters. The molecule has 4 rings (SSSR count). The second-order valence-electron chi connectivity index (χ2n) is 5.58. The van der Waals surface area contributed by atoms with Crippen molar-refractivity contribution in [2.45, 2.75) is 25.7 Å². The van der Waals surface area contributed by atoms with Crippen LogP contribution in [-0.2, 0) is 4.79 Å². The molecule has 1 aromatic rings. The number of rotatable bonds is 1. The van der Waals surface area contributed by atoms with Crippen LogP contribution in [0.25, 0.3) is 0 Å². The van der Waals surface area contributed by atoms with Gasteiger partial charge in [-0.25, -0.2) is 9.69 Å². The number of anilines is 1. The molecule has 112 valence electrons. The van der Waals surface area contributed by atoms with Crippen LogP contribution < -0.4 is 4.90 Å². The summed E-state index contributed by atoms with van der Waals surface area (Å²) in [7, 11) is 0. The monoisotopic (exact) mass is 332 g/mol. The maximum atomic E-state index is 12.9. The Bertz CT molecular complexity index is 756. The van der Waals surface area contributed by atoms with E-state index in [1.807, 2.05) is 0 Å². The van der Waals surface area contributed by atoms with Crippen molar-refractivity contribution in [3.8, 4) is 0 Å². The fourth-order valence-electron chi connectivity index (χ4n) is 3.22. The van der Waals surface area contributed by atoms with Gasteiger partial charge in [-0.3, -0.25) is 4.79 Å². The number of halogens is 1. The van der Waals surface area contributed by atoms with Gasteiger partial charge in [-0.05, 0) is 54.4 Å². The number of hydrogen-bond donors (Lipinski definition) is 0. The van der Waals surface area contributed by atoms with E-state index in [-0.39, 0.29) is 11.8 Å². The van der Waals surface area contributed by atoms with E-state index >= 15 is 0 Å². The summed E-state index contributed by atoms with van der Waals surface area (Å²) in [5.41, 5.74) is 1.65. The average Bonchev–Trinajstić information content (AvgIpc) is 2.85. The van der Waals surface area contributed by atoms with Crippen LogP contribution in [0.4, 0.5) is 10.5 Å². The Hall–Kier alpha value is -1.59. The molecule has 0 fully saturated rings. The number of amides is 3. The molecule has 1 aliphatic carbocycles. The summed E-state index contributed by atoms with van der Waals surface area (Å²) in [6, 6.07) is 6.25. The quantitative estimate of drug-likeness (QED) is 0.766. The number of imide groups is 1. The molecule has 2 heterocycles. The molecule has 3 amide bonds. The van der Waals surface area contributed by atoms with Crippen molar-refractivity contribution in [1.29, 1.82) is 0 Å². The topological polar surface area (TPSA) is 49.7 Å². The van der Waals surface area contributed by atoms with Crippen LogP contribution in [0, 0.1) is 5.92 Å². The number of urea groups is 1. The minimum atomic E-state index is -0.522. The summed E-state index contributed by atoms with van der Waals surface area (Å²) in [6.45, 7) is 0. The molecule has 3 aliphatic rings.